The number of hydrogen-bond donors (Lipinski definition) is 1. The Labute approximate surface area is 94.5 Å². The van der Waals surface area contributed by atoms with Crippen LogP contribution in [0, 0.1) is 13.8 Å². The Hall–Kier alpha value is -1.68. The summed E-state index contributed by atoms with van der Waals surface area (Å²) in [6.07, 6.45) is 0.685. The normalized spacial score (nSPS) is 10.7. The van der Waals surface area contributed by atoms with Crippen molar-refractivity contribution in [1.29, 1.82) is 0 Å². The van der Waals surface area contributed by atoms with Gasteiger partial charge < -0.3 is 10.3 Å². The summed E-state index contributed by atoms with van der Waals surface area (Å²) < 4.78 is 4.95. The van der Waals surface area contributed by atoms with E-state index in [1.807, 2.05) is 0 Å². The Balaban J connectivity index is 2.17. The zero-order valence-corrected chi connectivity index (χ0v) is 9.53. The van der Waals surface area contributed by atoms with Crippen LogP contribution in [0.15, 0.2) is 22.7 Å². The number of rotatable bonds is 3. The summed E-state index contributed by atoms with van der Waals surface area (Å²) in [5.41, 5.74) is 9.16. The van der Waals surface area contributed by atoms with E-state index in [0.29, 0.717) is 24.7 Å². The number of benzene rings is 1. The van der Waals surface area contributed by atoms with Gasteiger partial charge in [0, 0.05) is 6.42 Å². The largest absolute Gasteiger partial charge is 0.338 e. The molecule has 4 heteroatoms. The van der Waals surface area contributed by atoms with E-state index in [2.05, 4.69) is 42.2 Å². The molecule has 16 heavy (non-hydrogen) atoms. The van der Waals surface area contributed by atoms with Crippen molar-refractivity contribution in [2.24, 2.45) is 5.73 Å². The molecule has 4 nitrogen and oxygen atoms in total. The third kappa shape index (κ3) is 2.28. The topological polar surface area (TPSA) is 64.9 Å². The first-order valence-corrected chi connectivity index (χ1v) is 5.26. The van der Waals surface area contributed by atoms with Gasteiger partial charge in [-0.05, 0) is 30.5 Å². The van der Waals surface area contributed by atoms with Crippen LogP contribution in [-0.4, -0.2) is 10.1 Å². The number of aromatic nitrogens is 2. The van der Waals surface area contributed by atoms with Crippen molar-refractivity contribution in [1.82, 2.24) is 10.1 Å². The third-order valence-corrected chi connectivity index (χ3v) is 2.62. The van der Waals surface area contributed by atoms with E-state index < -0.39 is 0 Å². The molecule has 0 atom stereocenters. The van der Waals surface area contributed by atoms with Crippen LogP contribution < -0.4 is 5.73 Å². The predicted molar refractivity (Wildman–Crippen MR) is 60.9 cm³/mol. The van der Waals surface area contributed by atoms with Crippen molar-refractivity contribution in [2.45, 2.75) is 26.8 Å². The smallest absolute Gasteiger partial charge is 0.240 e. The van der Waals surface area contributed by atoms with Crippen molar-refractivity contribution in [3.8, 4) is 0 Å². The van der Waals surface area contributed by atoms with Gasteiger partial charge in [0.1, 0.15) is 0 Å². The lowest BCUT2D eigenvalue weighted by Crippen LogP contribution is -1.97. The molecule has 0 radical (unpaired) electrons. The highest BCUT2D eigenvalue weighted by molar-refractivity contribution is 5.31. The fourth-order valence-corrected chi connectivity index (χ4v) is 1.54. The maximum absolute atomic E-state index is 5.40. The molecule has 0 fully saturated rings. The third-order valence-electron chi connectivity index (χ3n) is 2.62. The quantitative estimate of drug-likeness (QED) is 0.850. The van der Waals surface area contributed by atoms with Crippen LogP contribution in [0.1, 0.15) is 28.4 Å². The highest BCUT2D eigenvalue weighted by atomic mass is 16.5. The van der Waals surface area contributed by atoms with Crippen molar-refractivity contribution in [2.75, 3.05) is 0 Å². The van der Waals surface area contributed by atoms with E-state index >= 15 is 0 Å². The summed E-state index contributed by atoms with van der Waals surface area (Å²) in [4.78, 5) is 4.17. The lowest BCUT2D eigenvalue weighted by atomic mass is 10.0. The Kier molecular flexibility index (Phi) is 3.01. The number of nitrogens with zero attached hydrogens (tertiary/aromatic N) is 2. The van der Waals surface area contributed by atoms with E-state index in [0.717, 1.165) is 0 Å². The zero-order valence-electron chi connectivity index (χ0n) is 9.53. The molecule has 0 bridgehead atoms. The first kappa shape index (κ1) is 10.8. The molecule has 0 saturated heterocycles. The molecule has 1 aromatic carbocycles. The van der Waals surface area contributed by atoms with Crippen LogP contribution in [0.25, 0.3) is 0 Å². The second kappa shape index (κ2) is 4.45. The molecule has 2 N–H and O–H groups in total. The van der Waals surface area contributed by atoms with E-state index in [9.17, 15) is 0 Å². The SMILES string of the molecule is Cc1ccc(Cc2noc(CN)n2)cc1C. The summed E-state index contributed by atoms with van der Waals surface area (Å²) in [7, 11) is 0. The molecule has 0 aliphatic rings. The number of aryl methyl sites for hydroxylation is 2. The molecule has 0 saturated carbocycles. The van der Waals surface area contributed by atoms with Crippen LogP contribution >= 0.6 is 0 Å². The minimum Gasteiger partial charge on any atom is -0.338 e. The second-order valence-electron chi connectivity index (χ2n) is 3.90. The monoisotopic (exact) mass is 217 g/mol. The van der Waals surface area contributed by atoms with Gasteiger partial charge in [-0.25, -0.2) is 0 Å². The number of nitrogens with two attached hydrogens (primary N) is 1. The predicted octanol–water partition coefficient (Wildman–Crippen LogP) is 1.74. The molecular weight excluding hydrogens is 202 g/mol. The Bertz CT molecular complexity index is 491. The fraction of sp³-hybridized carbons (Fsp3) is 0.333. The lowest BCUT2D eigenvalue weighted by molar-refractivity contribution is 0.375. The zero-order chi connectivity index (χ0) is 11.5. The summed E-state index contributed by atoms with van der Waals surface area (Å²) in [6.45, 7) is 4.49. The minimum absolute atomic E-state index is 0.292. The molecule has 1 aromatic heterocycles. The molecule has 0 spiro atoms. The maximum Gasteiger partial charge on any atom is 0.240 e. The average Bonchev–Trinajstić information content (AvgIpc) is 2.71. The van der Waals surface area contributed by atoms with Crippen LogP contribution in [0.4, 0.5) is 0 Å². The van der Waals surface area contributed by atoms with E-state index in [4.69, 9.17) is 10.3 Å². The Morgan fingerprint density at radius 1 is 1.25 bits per heavy atom. The average molecular weight is 217 g/mol. The van der Waals surface area contributed by atoms with Gasteiger partial charge in [0.2, 0.25) is 5.89 Å². The van der Waals surface area contributed by atoms with E-state index in [1.165, 1.54) is 16.7 Å². The molecule has 0 aliphatic carbocycles. The van der Waals surface area contributed by atoms with Gasteiger partial charge in [-0.2, -0.15) is 4.98 Å². The van der Waals surface area contributed by atoms with Crippen molar-refractivity contribution in [3.63, 3.8) is 0 Å². The van der Waals surface area contributed by atoms with Crippen molar-refractivity contribution in [3.05, 3.63) is 46.6 Å². The molecule has 2 aromatic rings. The van der Waals surface area contributed by atoms with Gasteiger partial charge in [0.15, 0.2) is 5.82 Å². The van der Waals surface area contributed by atoms with Crippen molar-refractivity contribution < 1.29 is 4.52 Å². The minimum atomic E-state index is 0.292. The summed E-state index contributed by atoms with van der Waals surface area (Å²) in [6, 6.07) is 6.34. The van der Waals surface area contributed by atoms with Crippen LogP contribution in [0.3, 0.4) is 0 Å². The lowest BCUT2D eigenvalue weighted by Gasteiger charge is -2.02. The molecular formula is C12H15N3O. The van der Waals surface area contributed by atoms with Crippen LogP contribution in [0.5, 0.6) is 0 Å². The maximum atomic E-state index is 5.40. The van der Waals surface area contributed by atoms with Gasteiger partial charge >= 0.3 is 0 Å². The van der Waals surface area contributed by atoms with Gasteiger partial charge in [-0.15, -0.1) is 0 Å². The molecule has 0 amide bonds. The summed E-state index contributed by atoms with van der Waals surface area (Å²) in [5.74, 6) is 1.17. The Morgan fingerprint density at radius 3 is 2.69 bits per heavy atom. The first-order chi connectivity index (χ1) is 7.69. The number of hydrogen-bond acceptors (Lipinski definition) is 4. The molecule has 0 unspecified atom stereocenters. The fourth-order valence-electron chi connectivity index (χ4n) is 1.54. The van der Waals surface area contributed by atoms with Crippen LogP contribution in [-0.2, 0) is 13.0 Å². The van der Waals surface area contributed by atoms with Crippen LogP contribution in [0.2, 0.25) is 0 Å². The summed E-state index contributed by atoms with van der Waals surface area (Å²) >= 11 is 0. The summed E-state index contributed by atoms with van der Waals surface area (Å²) in [5, 5.41) is 3.87. The van der Waals surface area contributed by atoms with Crippen molar-refractivity contribution >= 4 is 0 Å². The standard InChI is InChI=1S/C12H15N3O/c1-8-3-4-10(5-9(8)2)6-11-14-12(7-13)16-15-11/h3-5H,6-7,13H2,1-2H3. The second-order valence-corrected chi connectivity index (χ2v) is 3.90. The molecule has 84 valence electrons. The molecule has 2 rings (SSSR count). The highest BCUT2D eigenvalue weighted by Gasteiger charge is 2.06. The van der Waals surface area contributed by atoms with Gasteiger partial charge in [0.05, 0.1) is 6.54 Å². The molecule has 1 heterocycles. The molecule has 0 aliphatic heterocycles. The first-order valence-electron chi connectivity index (χ1n) is 5.26. The van der Waals surface area contributed by atoms with E-state index in [1.54, 1.807) is 0 Å². The van der Waals surface area contributed by atoms with Gasteiger partial charge in [-0.3, -0.25) is 0 Å². The highest BCUT2D eigenvalue weighted by Crippen LogP contribution is 2.12. The van der Waals surface area contributed by atoms with E-state index in [-0.39, 0.29) is 0 Å². The van der Waals surface area contributed by atoms with Gasteiger partial charge in [0.25, 0.3) is 0 Å². The Morgan fingerprint density at radius 2 is 2.06 bits per heavy atom. The van der Waals surface area contributed by atoms with Gasteiger partial charge in [-0.1, -0.05) is 23.4 Å².